The molecule has 1 atom stereocenters. The number of nitrogens with one attached hydrogen (secondary N) is 1. The third-order valence-corrected chi connectivity index (χ3v) is 8.56. The molecule has 1 aromatic carbocycles. The molecule has 3 N–H and O–H groups in total. The van der Waals surface area contributed by atoms with E-state index >= 15 is 0 Å². The van der Waals surface area contributed by atoms with Gasteiger partial charge in [0, 0.05) is 70.2 Å². The third kappa shape index (κ3) is 7.99. The summed E-state index contributed by atoms with van der Waals surface area (Å²) >= 11 is 0. The first-order chi connectivity index (χ1) is 18.5. The molecular formula is C29H48N6O3. The van der Waals surface area contributed by atoms with Gasteiger partial charge in [0.1, 0.15) is 6.29 Å². The first-order valence-corrected chi connectivity index (χ1v) is 14.6. The van der Waals surface area contributed by atoms with E-state index < -0.39 is 0 Å². The fraction of sp³-hybridized carbons (Fsp3) is 0.724. The van der Waals surface area contributed by atoms with E-state index in [0.29, 0.717) is 18.2 Å². The number of anilines is 1. The van der Waals surface area contributed by atoms with Gasteiger partial charge in [0.05, 0.1) is 18.8 Å². The van der Waals surface area contributed by atoms with Crippen molar-refractivity contribution < 1.29 is 14.3 Å². The Labute approximate surface area is 228 Å². The van der Waals surface area contributed by atoms with Crippen LogP contribution in [0.5, 0.6) is 0 Å². The number of nitrogens with two attached hydrogens (primary N) is 1. The number of likely N-dealkylation sites (N-methyl/N-ethyl adjacent to an activating group) is 1. The van der Waals surface area contributed by atoms with Crippen molar-refractivity contribution in [2.75, 3.05) is 84.0 Å². The maximum absolute atomic E-state index is 11.9. The Morgan fingerprint density at radius 1 is 1.16 bits per heavy atom. The molecule has 0 radical (unpaired) electrons. The van der Waals surface area contributed by atoms with E-state index in [1.165, 1.54) is 32.5 Å². The molecule has 1 amide bonds. The van der Waals surface area contributed by atoms with E-state index in [9.17, 15) is 9.59 Å². The summed E-state index contributed by atoms with van der Waals surface area (Å²) in [5.74, 6) is 0.473. The van der Waals surface area contributed by atoms with Crippen LogP contribution in [0.4, 0.5) is 5.69 Å². The molecule has 3 fully saturated rings. The second kappa shape index (κ2) is 14.4. The van der Waals surface area contributed by atoms with Crippen LogP contribution in [0.1, 0.15) is 48.5 Å². The standard InChI is InChI=1S/C29H48N6O3/c1-3-4-28(29(30)37)32(2)21-25-17-26(6-5-24(25)22-36)35-13-11-34(12-14-35)20-23-7-9-33(10-8-23)15-16-38-27-18-31-19-27/h5-6,17,22-23,27-28,31H,3-4,7-16,18-21H2,1-2H3,(H2,30,37). The van der Waals surface area contributed by atoms with Crippen LogP contribution in [0.3, 0.4) is 0 Å². The molecule has 3 heterocycles. The molecular weight excluding hydrogens is 480 g/mol. The van der Waals surface area contributed by atoms with Gasteiger partial charge in [-0.3, -0.25) is 19.4 Å². The topological polar surface area (TPSA) is 94.4 Å². The number of hydrogen-bond acceptors (Lipinski definition) is 8. The summed E-state index contributed by atoms with van der Waals surface area (Å²) in [4.78, 5) is 33.3. The van der Waals surface area contributed by atoms with E-state index in [-0.39, 0.29) is 11.9 Å². The molecule has 9 heteroatoms. The van der Waals surface area contributed by atoms with Crippen LogP contribution in [0.15, 0.2) is 18.2 Å². The molecule has 38 heavy (non-hydrogen) atoms. The highest BCUT2D eigenvalue weighted by molar-refractivity contribution is 5.80. The van der Waals surface area contributed by atoms with Gasteiger partial charge >= 0.3 is 0 Å². The maximum Gasteiger partial charge on any atom is 0.234 e. The van der Waals surface area contributed by atoms with Gasteiger partial charge in [-0.05, 0) is 69.1 Å². The number of likely N-dealkylation sites (tertiary alicyclic amines) is 1. The van der Waals surface area contributed by atoms with Crippen LogP contribution in [-0.4, -0.2) is 118 Å². The zero-order valence-electron chi connectivity index (χ0n) is 23.4. The number of rotatable bonds is 14. The van der Waals surface area contributed by atoms with Crippen LogP contribution in [0.2, 0.25) is 0 Å². The molecule has 3 aliphatic heterocycles. The van der Waals surface area contributed by atoms with Gasteiger partial charge in [-0.2, -0.15) is 0 Å². The smallest absolute Gasteiger partial charge is 0.234 e. The summed E-state index contributed by atoms with van der Waals surface area (Å²) in [6.45, 7) is 14.2. The number of benzene rings is 1. The van der Waals surface area contributed by atoms with Gasteiger partial charge < -0.3 is 25.6 Å². The molecule has 0 aromatic heterocycles. The van der Waals surface area contributed by atoms with Gasteiger partial charge in [-0.1, -0.05) is 13.3 Å². The lowest BCUT2D eigenvalue weighted by Crippen LogP contribution is -2.50. The zero-order valence-corrected chi connectivity index (χ0v) is 23.4. The van der Waals surface area contributed by atoms with E-state index in [2.05, 4.69) is 39.1 Å². The quantitative estimate of drug-likeness (QED) is 0.350. The minimum absolute atomic E-state index is 0.310. The number of aldehydes is 1. The lowest BCUT2D eigenvalue weighted by atomic mass is 9.96. The van der Waals surface area contributed by atoms with E-state index in [0.717, 1.165) is 88.7 Å². The van der Waals surface area contributed by atoms with Crippen molar-refractivity contribution in [3.05, 3.63) is 29.3 Å². The Bertz CT molecular complexity index is 894. The third-order valence-electron chi connectivity index (χ3n) is 8.56. The largest absolute Gasteiger partial charge is 0.374 e. The van der Waals surface area contributed by atoms with E-state index in [1.807, 2.05) is 18.0 Å². The molecule has 0 bridgehead atoms. The number of ether oxygens (including phenoxy) is 1. The lowest BCUT2D eigenvalue weighted by Gasteiger charge is -2.40. The van der Waals surface area contributed by atoms with Crippen LogP contribution >= 0.6 is 0 Å². The Balaban J connectivity index is 1.22. The number of primary amides is 1. The van der Waals surface area contributed by atoms with E-state index in [4.69, 9.17) is 10.5 Å². The summed E-state index contributed by atoms with van der Waals surface area (Å²) in [7, 11) is 1.91. The number of piperidine rings is 1. The number of hydrogen-bond donors (Lipinski definition) is 2. The number of amides is 1. The van der Waals surface area contributed by atoms with Crippen molar-refractivity contribution in [1.82, 2.24) is 20.0 Å². The normalized spacial score (nSPS) is 21.0. The van der Waals surface area contributed by atoms with Crippen LogP contribution in [0, 0.1) is 5.92 Å². The van der Waals surface area contributed by atoms with Crippen molar-refractivity contribution in [3.8, 4) is 0 Å². The predicted octanol–water partition coefficient (Wildman–Crippen LogP) is 1.41. The highest BCUT2D eigenvalue weighted by atomic mass is 16.5. The number of carbonyl (C=O) groups excluding carboxylic acids is 2. The second-order valence-corrected chi connectivity index (χ2v) is 11.3. The summed E-state index contributed by atoms with van der Waals surface area (Å²) in [6, 6.07) is 5.78. The van der Waals surface area contributed by atoms with Crippen LogP contribution in [0.25, 0.3) is 0 Å². The monoisotopic (exact) mass is 528 g/mol. The molecule has 1 unspecified atom stereocenters. The average Bonchev–Trinajstić information content (AvgIpc) is 2.89. The molecule has 1 aromatic rings. The van der Waals surface area contributed by atoms with Crippen molar-refractivity contribution in [3.63, 3.8) is 0 Å². The highest BCUT2D eigenvalue weighted by Gasteiger charge is 2.25. The van der Waals surface area contributed by atoms with Gasteiger partial charge in [0.15, 0.2) is 0 Å². The average molecular weight is 529 g/mol. The first-order valence-electron chi connectivity index (χ1n) is 14.6. The highest BCUT2D eigenvalue weighted by Crippen LogP contribution is 2.24. The maximum atomic E-state index is 11.9. The Kier molecular flexibility index (Phi) is 11.0. The molecule has 3 saturated heterocycles. The SMILES string of the molecule is CCCC(C(N)=O)N(C)Cc1cc(N2CCN(CC3CCN(CCOC4CNC4)CC3)CC2)ccc1C=O. The Morgan fingerprint density at radius 2 is 1.89 bits per heavy atom. The van der Waals surface area contributed by atoms with Crippen LogP contribution < -0.4 is 16.0 Å². The minimum Gasteiger partial charge on any atom is -0.374 e. The molecule has 3 aliphatic rings. The molecule has 212 valence electrons. The summed E-state index contributed by atoms with van der Waals surface area (Å²) < 4.78 is 5.89. The van der Waals surface area contributed by atoms with Gasteiger partial charge in [-0.25, -0.2) is 0 Å². The fourth-order valence-corrected chi connectivity index (χ4v) is 5.95. The second-order valence-electron chi connectivity index (χ2n) is 11.3. The van der Waals surface area contributed by atoms with Crippen molar-refractivity contribution >= 4 is 17.9 Å². The molecule has 0 saturated carbocycles. The minimum atomic E-state index is -0.322. The van der Waals surface area contributed by atoms with E-state index in [1.54, 1.807) is 0 Å². The zero-order chi connectivity index (χ0) is 26.9. The molecule has 0 aliphatic carbocycles. The first kappa shape index (κ1) is 29.0. The lowest BCUT2D eigenvalue weighted by molar-refractivity contribution is -0.123. The van der Waals surface area contributed by atoms with Gasteiger partial charge in [-0.15, -0.1) is 0 Å². The Hall–Kier alpha value is -2.04. The summed E-state index contributed by atoms with van der Waals surface area (Å²) in [6.07, 6.45) is 5.50. The number of carbonyl (C=O) groups is 2. The summed E-state index contributed by atoms with van der Waals surface area (Å²) in [5.41, 5.74) is 8.42. The van der Waals surface area contributed by atoms with Gasteiger partial charge in [0.25, 0.3) is 0 Å². The van der Waals surface area contributed by atoms with Crippen molar-refractivity contribution in [2.24, 2.45) is 11.7 Å². The molecule has 4 rings (SSSR count). The summed E-state index contributed by atoms with van der Waals surface area (Å²) in [5, 5.41) is 3.26. The fourth-order valence-electron chi connectivity index (χ4n) is 5.95. The Morgan fingerprint density at radius 3 is 2.50 bits per heavy atom. The van der Waals surface area contributed by atoms with Crippen molar-refractivity contribution in [1.29, 1.82) is 0 Å². The van der Waals surface area contributed by atoms with Gasteiger partial charge in [0.2, 0.25) is 5.91 Å². The van der Waals surface area contributed by atoms with Crippen molar-refractivity contribution in [2.45, 2.75) is 51.3 Å². The predicted molar refractivity (Wildman–Crippen MR) is 152 cm³/mol. The van der Waals surface area contributed by atoms with Crippen LogP contribution in [-0.2, 0) is 16.1 Å². The number of nitrogens with zero attached hydrogens (tertiary/aromatic N) is 4. The molecule has 0 spiro atoms. The number of piperazine rings is 1. The molecule has 9 nitrogen and oxygen atoms in total.